The topological polar surface area (TPSA) is 45.7 Å². The molecular weight excluding hydrogens is 270 g/mol. The molecule has 4 nitrogen and oxygen atoms in total. The molecule has 114 valence electrons. The van der Waals surface area contributed by atoms with Crippen LogP contribution in [0.5, 0.6) is 0 Å². The van der Waals surface area contributed by atoms with E-state index in [2.05, 4.69) is 21.9 Å². The normalized spacial score (nSPS) is 34.9. The lowest BCUT2D eigenvalue weighted by atomic mass is 9.54. The molecule has 0 aromatic rings. The zero-order chi connectivity index (χ0) is 14.0. The third kappa shape index (κ3) is 2.33. The largest absolute Gasteiger partial charge is 0.377 e. The molecule has 1 heterocycles. The first-order valence-electron chi connectivity index (χ1n) is 7.89. The molecule has 3 fully saturated rings. The molecule has 1 aliphatic heterocycles. The Bertz CT molecular complexity index is 368. The molecule has 3 rings (SSSR count). The number of rotatable bonds is 4. The van der Waals surface area contributed by atoms with Gasteiger partial charge in [0.1, 0.15) is 0 Å². The molecule has 2 saturated carbocycles. The standard InChI is InChI=1S/C15H27N3OS/c1-16-14(17-8-10-20-2)18-12-11-5-9-19-13(11)15(12)6-3-4-7-15/h11-13H,3-10H2,1-2H3,(H2,16,17,18). The molecule has 0 bridgehead atoms. The summed E-state index contributed by atoms with van der Waals surface area (Å²) in [4.78, 5) is 4.39. The van der Waals surface area contributed by atoms with E-state index in [1.807, 2.05) is 18.8 Å². The number of nitrogens with zero attached hydrogens (tertiary/aromatic N) is 1. The van der Waals surface area contributed by atoms with Crippen molar-refractivity contribution in [1.29, 1.82) is 0 Å². The Morgan fingerprint density at radius 1 is 1.40 bits per heavy atom. The lowest BCUT2D eigenvalue weighted by Crippen LogP contribution is -2.69. The lowest BCUT2D eigenvalue weighted by molar-refractivity contribution is -0.125. The van der Waals surface area contributed by atoms with E-state index in [-0.39, 0.29) is 0 Å². The second-order valence-electron chi connectivity index (χ2n) is 6.30. The van der Waals surface area contributed by atoms with E-state index in [1.54, 1.807) is 0 Å². The van der Waals surface area contributed by atoms with Crippen molar-refractivity contribution in [2.75, 3.05) is 32.2 Å². The van der Waals surface area contributed by atoms with Crippen LogP contribution in [0, 0.1) is 11.3 Å². The molecule has 20 heavy (non-hydrogen) atoms. The van der Waals surface area contributed by atoms with Crippen LogP contribution < -0.4 is 10.6 Å². The quantitative estimate of drug-likeness (QED) is 0.472. The number of thioether (sulfide) groups is 1. The van der Waals surface area contributed by atoms with Crippen LogP contribution in [-0.2, 0) is 4.74 Å². The van der Waals surface area contributed by atoms with E-state index >= 15 is 0 Å². The molecule has 0 radical (unpaired) electrons. The van der Waals surface area contributed by atoms with Gasteiger partial charge in [0.15, 0.2) is 5.96 Å². The van der Waals surface area contributed by atoms with Crippen molar-refractivity contribution in [1.82, 2.24) is 10.6 Å². The lowest BCUT2D eigenvalue weighted by Gasteiger charge is -2.57. The number of ether oxygens (including phenoxy) is 1. The van der Waals surface area contributed by atoms with Gasteiger partial charge in [0.05, 0.1) is 6.10 Å². The smallest absolute Gasteiger partial charge is 0.191 e. The molecule has 3 atom stereocenters. The Morgan fingerprint density at radius 2 is 2.20 bits per heavy atom. The van der Waals surface area contributed by atoms with Crippen molar-refractivity contribution in [2.45, 2.75) is 44.2 Å². The molecule has 2 aliphatic carbocycles. The highest BCUT2D eigenvalue weighted by Crippen LogP contribution is 2.60. The van der Waals surface area contributed by atoms with Gasteiger partial charge in [-0.25, -0.2) is 0 Å². The van der Waals surface area contributed by atoms with Gasteiger partial charge in [0.2, 0.25) is 0 Å². The molecule has 2 N–H and O–H groups in total. The highest BCUT2D eigenvalue weighted by molar-refractivity contribution is 7.98. The molecule has 0 aromatic carbocycles. The third-order valence-corrected chi connectivity index (χ3v) is 6.01. The van der Waals surface area contributed by atoms with Crippen molar-refractivity contribution in [3.63, 3.8) is 0 Å². The van der Waals surface area contributed by atoms with Gasteiger partial charge in [-0.05, 0) is 25.5 Å². The van der Waals surface area contributed by atoms with E-state index in [1.165, 1.54) is 32.1 Å². The molecule has 0 aromatic heterocycles. The fourth-order valence-corrected chi connectivity index (χ4v) is 4.82. The minimum absolute atomic E-state index is 0.401. The minimum atomic E-state index is 0.401. The van der Waals surface area contributed by atoms with E-state index in [0.29, 0.717) is 23.5 Å². The summed E-state index contributed by atoms with van der Waals surface area (Å²) in [6.45, 7) is 1.93. The third-order valence-electron chi connectivity index (χ3n) is 5.40. The van der Waals surface area contributed by atoms with Crippen molar-refractivity contribution in [3.05, 3.63) is 0 Å². The number of nitrogens with one attached hydrogen (secondary N) is 2. The first kappa shape index (κ1) is 14.5. The average Bonchev–Trinajstić information content (AvgIpc) is 3.10. The highest BCUT2D eigenvalue weighted by atomic mass is 32.2. The van der Waals surface area contributed by atoms with Crippen LogP contribution >= 0.6 is 11.8 Å². The predicted molar refractivity (Wildman–Crippen MR) is 85.4 cm³/mol. The van der Waals surface area contributed by atoms with Crippen molar-refractivity contribution < 1.29 is 4.74 Å². The molecular formula is C15H27N3OS. The molecule has 1 spiro atoms. The van der Waals surface area contributed by atoms with Gasteiger partial charge in [0.25, 0.3) is 0 Å². The zero-order valence-corrected chi connectivity index (χ0v) is 13.5. The summed E-state index contributed by atoms with van der Waals surface area (Å²) >= 11 is 1.86. The van der Waals surface area contributed by atoms with E-state index in [4.69, 9.17) is 4.74 Å². The fourth-order valence-electron chi connectivity index (χ4n) is 4.52. The van der Waals surface area contributed by atoms with Gasteiger partial charge in [-0.1, -0.05) is 12.8 Å². The van der Waals surface area contributed by atoms with Crippen LogP contribution in [-0.4, -0.2) is 50.3 Å². The Kier molecular flexibility index (Phi) is 4.46. The van der Waals surface area contributed by atoms with Crippen LogP contribution in [0.15, 0.2) is 4.99 Å². The summed E-state index contributed by atoms with van der Waals surface area (Å²) in [7, 11) is 1.87. The van der Waals surface area contributed by atoms with Crippen molar-refractivity contribution >= 4 is 17.7 Å². The number of fused-ring (bicyclic) bond motifs is 2. The highest BCUT2D eigenvalue weighted by Gasteiger charge is 2.65. The van der Waals surface area contributed by atoms with Crippen LogP contribution in [0.2, 0.25) is 0 Å². The van der Waals surface area contributed by atoms with E-state index < -0.39 is 0 Å². The van der Waals surface area contributed by atoms with Gasteiger partial charge >= 0.3 is 0 Å². The summed E-state index contributed by atoms with van der Waals surface area (Å²) in [6, 6.07) is 0.568. The van der Waals surface area contributed by atoms with E-state index in [0.717, 1.165) is 24.9 Å². The Morgan fingerprint density at radius 3 is 2.90 bits per heavy atom. The molecule has 0 amide bonds. The summed E-state index contributed by atoms with van der Waals surface area (Å²) in [6.07, 6.45) is 9.25. The molecule has 3 aliphatic rings. The molecule has 5 heteroatoms. The van der Waals surface area contributed by atoms with Crippen LogP contribution in [0.3, 0.4) is 0 Å². The van der Waals surface area contributed by atoms with Crippen molar-refractivity contribution in [3.8, 4) is 0 Å². The SMILES string of the molecule is CN=C(NCCSC)NC1C2CCOC2C12CCCC2. The number of guanidine groups is 1. The number of hydrogen-bond donors (Lipinski definition) is 2. The van der Waals surface area contributed by atoms with Crippen LogP contribution in [0.1, 0.15) is 32.1 Å². The maximum Gasteiger partial charge on any atom is 0.191 e. The fraction of sp³-hybridized carbons (Fsp3) is 0.933. The van der Waals surface area contributed by atoms with Crippen molar-refractivity contribution in [2.24, 2.45) is 16.3 Å². The van der Waals surface area contributed by atoms with Crippen LogP contribution in [0.4, 0.5) is 0 Å². The predicted octanol–water partition coefficient (Wildman–Crippen LogP) is 1.86. The zero-order valence-electron chi connectivity index (χ0n) is 12.7. The van der Waals surface area contributed by atoms with Gasteiger partial charge in [-0.2, -0.15) is 11.8 Å². The number of aliphatic imine (C=N–C) groups is 1. The van der Waals surface area contributed by atoms with Gasteiger partial charge in [0, 0.05) is 43.3 Å². The second kappa shape index (κ2) is 6.14. The average molecular weight is 297 g/mol. The maximum atomic E-state index is 6.03. The Hall–Kier alpha value is -0.420. The molecule has 3 unspecified atom stereocenters. The number of hydrogen-bond acceptors (Lipinski definition) is 3. The second-order valence-corrected chi connectivity index (χ2v) is 7.28. The summed E-state index contributed by atoms with van der Waals surface area (Å²) in [5.74, 6) is 2.79. The summed E-state index contributed by atoms with van der Waals surface area (Å²) in [5, 5.41) is 7.15. The van der Waals surface area contributed by atoms with E-state index in [9.17, 15) is 0 Å². The monoisotopic (exact) mass is 297 g/mol. The first-order chi connectivity index (χ1) is 9.81. The van der Waals surface area contributed by atoms with Gasteiger partial charge in [-0.3, -0.25) is 4.99 Å². The summed E-state index contributed by atoms with van der Waals surface area (Å²) < 4.78 is 6.03. The Labute approximate surface area is 126 Å². The van der Waals surface area contributed by atoms with Crippen LogP contribution in [0.25, 0.3) is 0 Å². The maximum absolute atomic E-state index is 6.03. The van der Waals surface area contributed by atoms with Gasteiger partial charge < -0.3 is 15.4 Å². The first-order valence-corrected chi connectivity index (χ1v) is 9.29. The van der Waals surface area contributed by atoms with Gasteiger partial charge in [-0.15, -0.1) is 0 Å². The Balaban J connectivity index is 1.63. The summed E-state index contributed by atoms with van der Waals surface area (Å²) in [5.41, 5.74) is 0.401. The molecule has 1 saturated heterocycles. The minimum Gasteiger partial charge on any atom is -0.377 e.